The Kier molecular flexibility index (Phi) is 5.39. The first-order chi connectivity index (χ1) is 11.4. The van der Waals surface area contributed by atoms with Crippen molar-refractivity contribution >= 4 is 21.2 Å². The van der Waals surface area contributed by atoms with Gasteiger partial charge in [0, 0.05) is 26.0 Å². The Morgan fingerprint density at radius 1 is 1.46 bits per heavy atom. The summed E-state index contributed by atoms with van der Waals surface area (Å²) in [7, 11) is -1.33. The Hall–Kier alpha value is -1.22. The SMILES string of the molecule is CN(Cc1ccsc1)Cc1cnc(S(C)(=O)=O)n1C[C@H]1CCCO1. The molecule has 1 atom stereocenters. The molecule has 132 valence electrons. The molecule has 1 fully saturated rings. The quantitative estimate of drug-likeness (QED) is 0.748. The first-order valence-corrected chi connectivity index (χ1v) is 10.8. The van der Waals surface area contributed by atoms with Gasteiger partial charge in [-0.25, -0.2) is 13.4 Å². The molecule has 6 nitrogen and oxygen atoms in total. The van der Waals surface area contributed by atoms with Crippen LogP contribution in [0.2, 0.25) is 0 Å². The Balaban J connectivity index is 1.79. The number of ether oxygens (including phenoxy) is 1. The number of aromatic nitrogens is 2. The monoisotopic (exact) mass is 369 g/mol. The fraction of sp³-hybridized carbons (Fsp3) is 0.562. The summed E-state index contributed by atoms with van der Waals surface area (Å²) in [5, 5.41) is 4.33. The number of hydrogen-bond donors (Lipinski definition) is 0. The number of nitrogens with zero attached hydrogens (tertiary/aromatic N) is 3. The van der Waals surface area contributed by atoms with E-state index in [1.165, 1.54) is 11.8 Å². The van der Waals surface area contributed by atoms with Crippen molar-refractivity contribution in [3.8, 4) is 0 Å². The van der Waals surface area contributed by atoms with E-state index in [1.54, 1.807) is 17.5 Å². The lowest BCUT2D eigenvalue weighted by Gasteiger charge is -2.19. The van der Waals surface area contributed by atoms with E-state index >= 15 is 0 Å². The van der Waals surface area contributed by atoms with Gasteiger partial charge in [0.15, 0.2) is 0 Å². The van der Waals surface area contributed by atoms with E-state index < -0.39 is 9.84 Å². The van der Waals surface area contributed by atoms with Crippen LogP contribution in [0.3, 0.4) is 0 Å². The molecule has 0 N–H and O–H groups in total. The van der Waals surface area contributed by atoms with Crippen molar-refractivity contribution in [1.29, 1.82) is 0 Å². The Morgan fingerprint density at radius 2 is 2.29 bits per heavy atom. The third-order valence-corrected chi connectivity index (χ3v) is 5.83. The predicted molar refractivity (Wildman–Crippen MR) is 93.8 cm³/mol. The van der Waals surface area contributed by atoms with Crippen LogP contribution in [0.4, 0.5) is 0 Å². The maximum Gasteiger partial charge on any atom is 0.227 e. The summed E-state index contributed by atoms with van der Waals surface area (Å²) in [4.78, 5) is 6.34. The summed E-state index contributed by atoms with van der Waals surface area (Å²) in [6, 6.07) is 2.10. The van der Waals surface area contributed by atoms with Crippen molar-refractivity contribution in [3.05, 3.63) is 34.3 Å². The minimum Gasteiger partial charge on any atom is -0.376 e. The molecule has 1 aliphatic rings. The third-order valence-electron chi connectivity index (χ3n) is 4.11. The number of thiophene rings is 1. The molecule has 0 saturated carbocycles. The van der Waals surface area contributed by atoms with Crippen LogP contribution in [0.1, 0.15) is 24.1 Å². The van der Waals surface area contributed by atoms with Crippen LogP contribution in [0, 0.1) is 0 Å². The maximum absolute atomic E-state index is 12.0. The summed E-state index contributed by atoms with van der Waals surface area (Å²) in [5.41, 5.74) is 2.17. The summed E-state index contributed by atoms with van der Waals surface area (Å²) in [6.07, 6.45) is 4.95. The smallest absolute Gasteiger partial charge is 0.227 e. The van der Waals surface area contributed by atoms with E-state index in [0.717, 1.165) is 31.7 Å². The summed E-state index contributed by atoms with van der Waals surface area (Å²) < 4.78 is 31.6. The summed E-state index contributed by atoms with van der Waals surface area (Å²) >= 11 is 1.68. The largest absolute Gasteiger partial charge is 0.376 e. The van der Waals surface area contributed by atoms with Gasteiger partial charge in [0.2, 0.25) is 15.0 Å². The van der Waals surface area contributed by atoms with E-state index in [0.29, 0.717) is 13.1 Å². The predicted octanol–water partition coefficient (Wildman–Crippen LogP) is 2.16. The summed E-state index contributed by atoms with van der Waals surface area (Å²) in [6.45, 7) is 2.76. The van der Waals surface area contributed by atoms with Crippen molar-refractivity contribution in [2.24, 2.45) is 0 Å². The van der Waals surface area contributed by atoms with Gasteiger partial charge < -0.3 is 9.30 Å². The molecule has 1 saturated heterocycles. The minimum atomic E-state index is -3.36. The van der Waals surface area contributed by atoms with Gasteiger partial charge in [-0.2, -0.15) is 11.3 Å². The highest BCUT2D eigenvalue weighted by molar-refractivity contribution is 7.90. The van der Waals surface area contributed by atoms with Crippen LogP contribution in [0.25, 0.3) is 0 Å². The fourth-order valence-corrected chi connectivity index (χ4v) is 4.52. The third kappa shape index (κ3) is 4.24. The summed E-state index contributed by atoms with van der Waals surface area (Å²) in [5.74, 6) is 0. The zero-order valence-corrected chi connectivity index (χ0v) is 15.6. The van der Waals surface area contributed by atoms with Crippen molar-refractivity contribution in [2.75, 3.05) is 19.9 Å². The number of sulfone groups is 1. The van der Waals surface area contributed by atoms with E-state index in [-0.39, 0.29) is 11.3 Å². The van der Waals surface area contributed by atoms with Gasteiger partial charge in [0.25, 0.3) is 0 Å². The average molecular weight is 370 g/mol. The fourth-order valence-electron chi connectivity index (χ4n) is 3.03. The van der Waals surface area contributed by atoms with Crippen molar-refractivity contribution in [1.82, 2.24) is 14.5 Å². The zero-order chi connectivity index (χ0) is 17.2. The van der Waals surface area contributed by atoms with Crippen LogP contribution in [-0.4, -0.2) is 48.9 Å². The first kappa shape index (κ1) is 17.6. The molecule has 0 aromatic carbocycles. The average Bonchev–Trinajstić information content (AvgIpc) is 3.21. The van der Waals surface area contributed by atoms with Gasteiger partial charge in [0.05, 0.1) is 24.5 Å². The second kappa shape index (κ2) is 7.35. The van der Waals surface area contributed by atoms with Crippen LogP contribution in [0.5, 0.6) is 0 Å². The van der Waals surface area contributed by atoms with Crippen LogP contribution in [-0.2, 0) is 34.2 Å². The van der Waals surface area contributed by atoms with E-state index in [9.17, 15) is 8.42 Å². The van der Waals surface area contributed by atoms with Gasteiger partial charge in [-0.3, -0.25) is 4.90 Å². The molecule has 2 aromatic rings. The van der Waals surface area contributed by atoms with E-state index in [4.69, 9.17) is 4.74 Å². The van der Waals surface area contributed by atoms with Crippen molar-refractivity contribution in [3.63, 3.8) is 0 Å². The molecule has 0 amide bonds. The molecule has 0 radical (unpaired) electrons. The van der Waals surface area contributed by atoms with E-state index in [1.807, 2.05) is 11.6 Å². The zero-order valence-electron chi connectivity index (χ0n) is 14.0. The van der Waals surface area contributed by atoms with Gasteiger partial charge >= 0.3 is 0 Å². The molecule has 2 aromatic heterocycles. The number of hydrogen-bond acceptors (Lipinski definition) is 6. The second-order valence-corrected chi connectivity index (χ2v) is 9.04. The minimum absolute atomic E-state index is 0.0700. The molecular weight excluding hydrogens is 346 g/mol. The highest BCUT2D eigenvalue weighted by atomic mass is 32.2. The van der Waals surface area contributed by atoms with E-state index in [2.05, 4.69) is 26.7 Å². The Bertz CT molecular complexity index is 763. The second-order valence-electron chi connectivity index (χ2n) is 6.35. The topological polar surface area (TPSA) is 64.4 Å². The molecule has 3 rings (SSSR count). The van der Waals surface area contributed by atoms with Gasteiger partial charge in [-0.05, 0) is 42.3 Å². The van der Waals surface area contributed by atoms with Crippen molar-refractivity contribution in [2.45, 2.75) is 43.7 Å². The lowest BCUT2D eigenvalue weighted by Crippen LogP contribution is -2.24. The standard InChI is InChI=1S/C16H23N3O3S2/c1-18(9-13-5-7-23-12-13)10-14-8-17-16(24(2,20)21)19(14)11-15-4-3-6-22-15/h5,7-8,12,15H,3-4,6,9-11H2,1-2H3/t15-/m1/s1. The number of rotatable bonds is 7. The lowest BCUT2D eigenvalue weighted by atomic mass is 10.2. The van der Waals surface area contributed by atoms with Crippen LogP contribution < -0.4 is 0 Å². The van der Waals surface area contributed by atoms with Crippen LogP contribution in [0.15, 0.2) is 28.2 Å². The first-order valence-electron chi connectivity index (χ1n) is 7.99. The maximum atomic E-state index is 12.0. The van der Waals surface area contributed by atoms with Gasteiger partial charge in [-0.15, -0.1) is 0 Å². The molecule has 8 heteroatoms. The molecule has 3 heterocycles. The molecule has 24 heavy (non-hydrogen) atoms. The normalized spacial score (nSPS) is 18.5. The molecular formula is C16H23N3O3S2. The highest BCUT2D eigenvalue weighted by Gasteiger charge is 2.24. The van der Waals surface area contributed by atoms with Crippen molar-refractivity contribution < 1.29 is 13.2 Å². The Labute approximate surface area is 147 Å². The van der Waals surface area contributed by atoms with Gasteiger partial charge in [0.1, 0.15) is 0 Å². The number of imidazole rings is 1. The Morgan fingerprint density at radius 3 is 2.92 bits per heavy atom. The van der Waals surface area contributed by atoms with Crippen LogP contribution >= 0.6 is 11.3 Å². The lowest BCUT2D eigenvalue weighted by molar-refractivity contribution is 0.0934. The molecule has 0 aliphatic carbocycles. The molecule has 0 spiro atoms. The molecule has 0 unspecified atom stereocenters. The molecule has 0 bridgehead atoms. The highest BCUT2D eigenvalue weighted by Crippen LogP contribution is 2.20. The molecule has 1 aliphatic heterocycles. The van der Waals surface area contributed by atoms with Gasteiger partial charge in [-0.1, -0.05) is 0 Å².